The molecule has 0 aliphatic heterocycles. The van der Waals surface area contributed by atoms with Crippen LogP contribution in [-0.4, -0.2) is 32.3 Å². The van der Waals surface area contributed by atoms with Crippen LogP contribution in [0, 0.1) is 18.3 Å². The van der Waals surface area contributed by atoms with Crippen molar-refractivity contribution in [2.24, 2.45) is 0 Å². The first-order valence-corrected chi connectivity index (χ1v) is 8.19. The summed E-state index contributed by atoms with van der Waals surface area (Å²) >= 11 is 0. The summed E-state index contributed by atoms with van der Waals surface area (Å²) in [5, 5.41) is 29.7. The van der Waals surface area contributed by atoms with E-state index in [4.69, 9.17) is 4.74 Å². The molecule has 7 nitrogen and oxygen atoms in total. The van der Waals surface area contributed by atoms with Gasteiger partial charge >= 0.3 is 5.97 Å². The lowest BCUT2D eigenvalue weighted by Gasteiger charge is -2.14. The van der Waals surface area contributed by atoms with E-state index in [1.807, 2.05) is 12.1 Å². The van der Waals surface area contributed by atoms with Crippen LogP contribution in [0.2, 0.25) is 0 Å². The number of allylic oxidation sites excluding steroid dienone is 1. The highest BCUT2D eigenvalue weighted by molar-refractivity contribution is 5.93. The van der Waals surface area contributed by atoms with Gasteiger partial charge in [0.15, 0.2) is 17.7 Å². The average Bonchev–Trinajstić information content (AvgIpc) is 3.07. The summed E-state index contributed by atoms with van der Waals surface area (Å²) in [6, 6.07) is 13.6. The van der Waals surface area contributed by atoms with E-state index >= 15 is 0 Å². The largest absolute Gasteiger partial charge is 0.507 e. The van der Waals surface area contributed by atoms with Gasteiger partial charge in [0, 0.05) is 0 Å². The number of hydrogen-bond donors (Lipinski definition) is 3. The monoisotopic (exact) mass is 363 g/mol. The number of nitrogens with one attached hydrogen (secondary N) is 1. The lowest BCUT2D eigenvalue weighted by Crippen LogP contribution is -2.18. The number of aromatic amines is 1. The Bertz CT molecular complexity index is 1060. The fraction of sp³-hybridized carbons (Fsp3) is 0.150. The molecule has 0 bridgehead atoms. The zero-order valence-corrected chi connectivity index (χ0v) is 14.7. The van der Waals surface area contributed by atoms with E-state index in [1.165, 1.54) is 19.1 Å². The topological polar surface area (TPSA) is 119 Å². The Morgan fingerprint density at radius 2 is 2.04 bits per heavy atom. The molecule has 0 aliphatic carbocycles. The number of rotatable bonds is 4. The van der Waals surface area contributed by atoms with Gasteiger partial charge in [-0.1, -0.05) is 23.8 Å². The molecule has 3 rings (SSSR count). The molecule has 0 aliphatic rings. The van der Waals surface area contributed by atoms with Crippen LogP contribution >= 0.6 is 0 Å². The number of fused-ring (bicyclic) bond motifs is 1. The summed E-state index contributed by atoms with van der Waals surface area (Å²) in [5.74, 6) is -1.29. The third kappa shape index (κ3) is 3.60. The average molecular weight is 363 g/mol. The lowest BCUT2D eigenvalue weighted by atomic mass is 10.1. The maximum absolute atomic E-state index is 12.3. The Kier molecular flexibility index (Phi) is 4.81. The molecule has 3 aromatic rings. The van der Waals surface area contributed by atoms with Gasteiger partial charge in [0.2, 0.25) is 0 Å². The fourth-order valence-electron chi connectivity index (χ4n) is 2.60. The van der Waals surface area contributed by atoms with Crippen LogP contribution in [0.4, 0.5) is 0 Å². The predicted octanol–water partition coefficient (Wildman–Crippen LogP) is 3.62. The fourth-order valence-corrected chi connectivity index (χ4v) is 2.60. The minimum atomic E-state index is -1.11. The number of esters is 1. The SMILES string of the molecule is Cc1ccc(O)c(C(=O)O[C@H](C)/C(O)=C(\C#N)c2nc3ccccc3[nH]2)c1. The molecule has 1 heterocycles. The molecule has 136 valence electrons. The third-order valence-electron chi connectivity index (χ3n) is 4.03. The second-order valence-corrected chi connectivity index (χ2v) is 6.04. The second-order valence-electron chi connectivity index (χ2n) is 6.04. The number of H-pyrrole nitrogens is 1. The molecule has 7 heteroatoms. The Morgan fingerprint density at radius 3 is 2.74 bits per heavy atom. The maximum atomic E-state index is 12.3. The number of ether oxygens (including phenoxy) is 1. The summed E-state index contributed by atoms with van der Waals surface area (Å²) in [7, 11) is 0. The maximum Gasteiger partial charge on any atom is 0.342 e. The Balaban J connectivity index is 1.89. The summed E-state index contributed by atoms with van der Waals surface area (Å²) in [4.78, 5) is 19.5. The number of benzene rings is 2. The van der Waals surface area contributed by atoms with E-state index in [1.54, 1.807) is 31.2 Å². The lowest BCUT2D eigenvalue weighted by molar-refractivity contribution is 0.0331. The standard InChI is InChI=1S/C20H17N3O4/c1-11-7-8-17(24)13(9-11)20(26)27-12(2)18(25)14(10-21)19-22-15-5-3-4-6-16(15)23-19/h3-9,12,24-25H,1-2H3,(H,22,23)/b18-14-/t12-/m1/s1. The summed E-state index contributed by atoms with van der Waals surface area (Å²) < 4.78 is 5.21. The van der Waals surface area contributed by atoms with Crippen molar-refractivity contribution in [2.45, 2.75) is 20.0 Å². The van der Waals surface area contributed by atoms with E-state index in [0.717, 1.165) is 5.56 Å². The highest BCUT2D eigenvalue weighted by Gasteiger charge is 2.23. The molecule has 2 aromatic carbocycles. The van der Waals surface area contributed by atoms with Crippen molar-refractivity contribution in [3.63, 3.8) is 0 Å². The van der Waals surface area contributed by atoms with Gasteiger partial charge in [-0.3, -0.25) is 0 Å². The van der Waals surface area contributed by atoms with E-state index in [2.05, 4.69) is 9.97 Å². The minimum Gasteiger partial charge on any atom is -0.507 e. The number of aliphatic hydroxyl groups is 1. The molecule has 0 unspecified atom stereocenters. The van der Waals surface area contributed by atoms with Gasteiger partial charge in [0.1, 0.15) is 23.0 Å². The van der Waals surface area contributed by atoms with Crippen LogP contribution in [-0.2, 0) is 4.74 Å². The van der Waals surface area contributed by atoms with Crippen molar-refractivity contribution in [2.75, 3.05) is 0 Å². The van der Waals surface area contributed by atoms with Crippen LogP contribution < -0.4 is 0 Å². The number of imidazole rings is 1. The van der Waals surface area contributed by atoms with Gasteiger partial charge in [-0.2, -0.15) is 5.26 Å². The first-order valence-electron chi connectivity index (χ1n) is 8.19. The molecule has 0 saturated carbocycles. The third-order valence-corrected chi connectivity index (χ3v) is 4.03. The number of phenols is 1. The number of hydrogen-bond acceptors (Lipinski definition) is 6. The van der Waals surface area contributed by atoms with E-state index in [-0.39, 0.29) is 22.7 Å². The van der Waals surface area contributed by atoms with Crippen LogP contribution in [0.1, 0.15) is 28.7 Å². The van der Waals surface area contributed by atoms with Gasteiger partial charge in [0.05, 0.1) is 11.0 Å². The molecule has 1 atom stereocenters. The van der Waals surface area contributed by atoms with Gasteiger partial charge in [-0.05, 0) is 38.1 Å². The number of para-hydroxylation sites is 2. The van der Waals surface area contributed by atoms with Crippen molar-refractivity contribution in [1.29, 1.82) is 5.26 Å². The first kappa shape index (κ1) is 18.0. The van der Waals surface area contributed by atoms with Crippen LogP contribution in [0.5, 0.6) is 5.75 Å². The number of carbonyl (C=O) groups excluding carboxylic acids is 1. The number of carbonyl (C=O) groups is 1. The van der Waals surface area contributed by atoms with Gasteiger partial charge < -0.3 is 19.9 Å². The molecule has 0 spiro atoms. The van der Waals surface area contributed by atoms with Crippen molar-refractivity contribution in [3.05, 3.63) is 65.2 Å². The molecule has 1 aromatic heterocycles. The van der Waals surface area contributed by atoms with E-state index < -0.39 is 17.8 Å². The van der Waals surface area contributed by atoms with Crippen molar-refractivity contribution in [3.8, 4) is 11.8 Å². The number of aromatic nitrogens is 2. The summed E-state index contributed by atoms with van der Waals surface area (Å²) in [6.07, 6.45) is -1.11. The molecular formula is C20H17N3O4. The number of aryl methyl sites for hydroxylation is 1. The highest BCUT2D eigenvalue weighted by atomic mass is 16.6. The Morgan fingerprint density at radius 1 is 1.30 bits per heavy atom. The van der Waals surface area contributed by atoms with Crippen molar-refractivity contribution in [1.82, 2.24) is 9.97 Å². The van der Waals surface area contributed by atoms with E-state index in [0.29, 0.717) is 11.0 Å². The van der Waals surface area contributed by atoms with Gasteiger partial charge in [-0.25, -0.2) is 9.78 Å². The van der Waals surface area contributed by atoms with Gasteiger partial charge in [0.25, 0.3) is 0 Å². The van der Waals surface area contributed by atoms with E-state index in [9.17, 15) is 20.3 Å². The highest BCUT2D eigenvalue weighted by Crippen LogP contribution is 2.24. The summed E-state index contributed by atoms with van der Waals surface area (Å²) in [6.45, 7) is 3.20. The molecule has 27 heavy (non-hydrogen) atoms. The van der Waals surface area contributed by atoms with Crippen molar-refractivity contribution < 1.29 is 19.7 Å². The zero-order chi connectivity index (χ0) is 19.6. The van der Waals surface area contributed by atoms with Crippen LogP contribution in [0.15, 0.2) is 48.2 Å². The minimum absolute atomic E-state index is 0.0168. The Hall–Kier alpha value is -3.79. The molecule has 0 amide bonds. The quantitative estimate of drug-likeness (QED) is 0.370. The molecule has 0 radical (unpaired) electrons. The first-order chi connectivity index (χ1) is 12.9. The number of aliphatic hydroxyl groups excluding tert-OH is 1. The molecule has 0 saturated heterocycles. The normalized spacial score (nSPS) is 12.9. The molecule has 0 fully saturated rings. The number of phenolic OH excluding ortho intramolecular Hbond substituents is 1. The summed E-state index contributed by atoms with van der Waals surface area (Å²) in [5.41, 5.74) is 1.98. The van der Waals surface area contributed by atoms with Crippen LogP contribution in [0.3, 0.4) is 0 Å². The predicted molar refractivity (Wildman–Crippen MR) is 99.0 cm³/mol. The van der Waals surface area contributed by atoms with Crippen LogP contribution in [0.25, 0.3) is 16.6 Å². The molecular weight excluding hydrogens is 346 g/mol. The smallest absolute Gasteiger partial charge is 0.342 e. The number of nitrogens with zero attached hydrogens (tertiary/aromatic N) is 2. The second kappa shape index (κ2) is 7.22. The van der Waals surface area contributed by atoms with Crippen molar-refractivity contribution >= 4 is 22.6 Å². The number of nitriles is 1. The van der Waals surface area contributed by atoms with Gasteiger partial charge in [-0.15, -0.1) is 0 Å². The zero-order valence-electron chi connectivity index (χ0n) is 14.7. The molecule has 3 N–H and O–H groups in total. The number of aromatic hydroxyl groups is 1. The Labute approximate surface area is 155 Å².